The quantitative estimate of drug-likeness (QED) is 0.714. The van der Waals surface area contributed by atoms with E-state index in [4.69, 9.17) is 14.2 Å². The molecule has 2 N–H and O–H groups in total. The Kier molecular flexibility index (Phi) is 7.12. The first-order valence-electron chi connectivity index (χ1n) is 9.97. The Morgan fingerprint density at radius 3 is 2.48 bits per heavy atom. The van der Waals surface area contributed by atoms with Gasteiger partial charge in [0, 0.05) is 31.3 Å². The average molecular weight is 399 g/mol. The van der Waals surface area contributed by atoms with Crippen LogP contribution in [0.15, 0.2) is 48.5 Å². The molecule has 0 unspecified atom stereocenters. The minimum Gasteiger partial charge on any atom is -0.497 e. The average Bonchev–Trinajstić information content (AvgIpc) is 2.78. The van der Waals surface area contributed by atoms with Crippen molar-refractivity contribution in [3.8, 4) is 11.5 Å². The molecule has 29 heavy (non-hydrogen) atoms. The first-order chi connectivity index (χ1) is 14.1. The Morgan fingerprint density at radius 2 is 1.83 bits per heavy atom. The minimum absolute atomic E-state index is 0.164. The highest BCUT2D eigenvalue weighted by molar-refractivity contribution is 5.97. The topological polar surface area (TPSA) is 68.8 Å². The summed E-state index contributed by atoms with van der Waals surface area (Å²) in [5.74, 6) is 0.961. The number of rotatable bonds is 8. The summed E-state index contributed by atoms with van der Waals surface area (Å²) in [7, 11) is 3.14. The van der Waals surface area contributed by atoms with Crippen LogP contribution in [0.2, 0.25) is 0 Å². The number of carbonyl (C=O) groups is 1. The van der Waals surface area contributed by atoms with E-state index in [9.17, 15) is 4.79 Å². The lowest BCUT2D eigenvalue weighted by Gasteiger charge is -2.40. The molecule has 2 aromatic rings. The van der Waals surface area contributed by atoms with Crippen LogP contribution in [-0.4, -0.2) is 45.4 Å². The summed E-state index contributed by atoms with van der Waals surface area (Å²) in [6.45, 7) is 4.01. The van der Waals surface area contributed by atoms with Gasteiger partial charge in [0.2, 0.25) is 0 Å². The van der Waals surface area contributed by atoms with E-state index in [1.807, 2.05) is 18.2 Å². The lowest BCUT2D eigenvalue weighted by Crippen LogP contribution is -2.57. The number of carbonyl (C=O) groups excluding carboxylic acids is 1. The van der Waals surface area contributed by atoms with E-state index in [2.05, 4.69) is 29.7 Å². The Labute approximate surface area is 172 Å². The molecule has 0 aliphatic carbocycles. The molecule has 1 atom stereocenters. The Balaban J connectivity index is 1.73. The van der Waals surface area contributed by atoms with Crippen LogP contribution in [0.4, 0.5) is 0 Å². The van der Waals surface area contributed by atoms with Gasteiger partial charge in [0.25, 0.3) is 5.91 Å². The van der Waals surface area contributed by atoms with Crippen molar-refractivity contribution in [2.45, 2.75) is 31.3 Å². The number of ether oxygens (including phenoxy) is 3. The molecule has 0 radical (unpaired) electrons. The number of amides is 1. The van der Waals surface area contributed by atoms with Gasteiger partial charge < -0.3 is 24.8 Å². The van der Waals surface area contributed by atoms with Crippen LogP contribution in [0.3, 0.4) is 0 Å². The summed E-state index contributed by atoms with van der Waals surface area (Å²) in [6.07, 6.45) is 1.67. The molecule has 0 spiro atoms. The molecule has 0 saturated carbocycles. The van der Waals surface area contributed by atoms with Gasteiger partial charge in [0.05, 0.1) is 19.8 Å². The van der Waals surface area contributed by atoms with Crippen molar-refractivity contribution in [3.05, 3.63) is 59.7 Å². The zero-order valence-corrected chi connectivity index (χ0v) is 17.4. The summed E-state index contributed by atoms with van der Waals surface area (Å²) in [4.78, 5) is 12.9. The molecular formula is C23H30N2O4. The molecule has 1 fully saturated rings. The van der Waals surface area contributed by atoms with E-state index in [1.165, 1.54) is 5.56 Å². The molecule has 156 valence electrons. The second kappa shape index (κ2) is 9.76. The predicted octanol–water partition coefficient (Wildman–Crippen LogP) is 3.33. The van der Waals surface area contributed by atoms with Gasteiger partial charge in [-0.25, -0.2) is 0 Å². The second-order valence-corrected chi connectivity index (χ2v) is 7.42. The summed E-state index contributed by atoms with van der Waals surface area (Å²) >= 11 is 0. The van der Waals surface area contributed by atoms with Crippen LogP contribution in [0.25, 0.3) is 0 Å². The highest BCUT2D eigenvalue weighted by Crippen LogP contribution is 2.27. The van der Waals surface area contributed by atoms with E-state index in [0.29, 0.717) is 36.8 Å². The molecule has 1 aliphatic heterocycles. The third-order valence-electron chi connectivity index (χ3n) is 5.51. The van der Waals surface area contributed by atoms with Crippen molar-refractivity contribution in [1.82, 2.24) is 10.6 Å². The van der Waals surface area contributed by atoms with Crippen LogP contribution in [0.1, 0.15) is 41.7 Å². The van der Waals surface area contributed by atoms with E-state index < -0.39 is 0 Å². The second-order valence-electron chi connectivity index (χ2n) is 7.42. The van der Waals surface area contributed by atoms with Crippen LogP contribution in [-0.2, 0) is 4.74 Å². The van der Waals surface area contributed by atoms with Crippen molar-refractivity contribution in [2.75, 3.05) is 34.0 Å². The highest BCUT2D eigenvalue weighted by atomic mass is 16.5. The first kappa shape index (κ1) is 21.1. The van der Waals surface area contributed by atoms with E-state index >= 15 is 0 Å². The molecule has 1 heterocycles. The zero-order valence-electron chi connectivity index (χ0n) is 17.4. The van der Waals surface area contributed by atoms with Crippen molar-refractivity contribution >= 4 is 5.91 Å². The minimum atomic E-state index is -0.227. The van der Waals surface area contributed by atoms with Gasteiger partial charge in [-0.2, -0.15) is 0 Å². The molecular weight excluding hydrogens is 368 g/mol. The lowest BCUT2D eigenvalue weighted by atomic mass is 9.88. The van der Waals surface area contributed by atoms with Crippen molar-refractivity contribution in [1.29, 1.82) is 0 Å². The number of hydrogen-bond acceptors (Lipinski definition) is 5. The fourth-order valence-corrected chi connectivity index (χ4v) is 3.75. The zero-order chi connectivity index (χ0) is 20.7. The fourth-order valence-electron chi connectivity index (χ4n) is 3.75. The lowest BCUT2D eigenvalue weighted by molar-refractivity contribution is 0.0332. The van der Waals surface area contributed by atoms with Gasteiger partial charge in [-0.15, -0.1) is 0 Å². The SMILES string of the molecule is COc1ccc(OC)c(C(=O)NCC2(N[C@H](C)c3ccccc3)CCOCC2)c1. The molecule has 6 nitrogen and oxygen atoms in total. The number of methoxy groups -OCH3 is 2. The molecule has 0 aromatic heterocycles. The van der Waals surface area contributed by atoms with E-state index in [1.54, 1.807) is 32.4 Å². The number of nitrogens with one attached hydrogen (secondary N) is 2. The van der Waals surface area contributed by atoms with E-state index in [0.717, 1.165) is 12.8 Å². The maximum absolute atomic E-state index is 12.9. The smallest absolute Gasteiger partial charge is 0.255 e. The van der Waals surface area contributed by atoms with Crippen LogP contribution >= 0.6 is 0 Å². The van der Waals surface area contributed by atoms with Crippen LogP contribution < -0.4 is 20.1 Å². The van der Waals surface area contributed by atoms with Crippen molar-refractivity contribution in [3.63, 3.8) is 0 Å². The summed E-state index contributed by atoms with van der Waals surface area (Å²) in [6, 6.07) is 15.7. The largest absolute Gasteiger partial charge is 0.497 e. The monoisotopic (exact) mass is 398 g/mol. The molecule has 6 heteroatoms. The summed E-state index contributed by atoms with van der Waals surface area (Å²) in [5, 5.41) is 6.86. The normalized spacial score (nSPS) is 16.7. The van der Waals surface area contributed by atoms with Crippen LogP contribution in [0.5, 0.6) is 11.5 Å². The predicted molar refractivity (Wildman–Crippen MR) is 113 cm³/mol. The first-order valence-corrected chi connectivity index (χ1v) is 9.97. The van der Waals surface area contributed by atoms with Gasteiger partial charge in [0.15, 0.2) is 0 Å². The Morgan fingerprint density at radius 1 is 1.10 bits per heavy atom. The number of benzene rings is 2. The fraction of sp³-hybridized carbons (Fsp3) is 0.435. The number of hydrogen-bond donors (Lipinski definition) is 2. The Bertz CT molecular complexity index is 804. The molecule has 0 bridgehead atoms. The third-order valence-corrected chi connectivity index (χ3v) is 5.51. The maximum atomic E-state index is 12.9. The Hall–Kier alpha value is -2.57. The summed E-state index contributed by atoms with van der Waals surface area (Å²) < 4.78 is 16.2. The highest BCUT2D eigenvalue weighted by Gasteiger charge is 2.34. The third kappa shape index (κ3) is 5.28. The molecule has 1 saturated heterocycles. The summed E-state index contributed by atoms with van der Waals surface area (Å²) in [5.41, 5.74) is 1.46. The van der Waals surface area contributed by atoms with Gasteiger partial charge in [-0.1, -0.05) is 30.3 Å². The van der Waals surface area contributed by atoms with Crippen molar-refractivity contribution in [2.24, 2.45) is 0 Å². The van der Waals surface area contributed by atoms with Crippen molar-refractivity contribution < 1.29 is 19.0 Å². The van der Waals surface area contributed by atoms with Gasteiger partial charge in [-0.05, 0) is 43.5 Å². The molecule has 1 amide bonds. The molecule has 3 rings (SSSR count). The van der Waals surface area contributed by atoms with Crippen LogP contribution in [0, 0.1) is 0 Å². The standard InChI is InChI=1S/C23H30N2O4/c1-17(18-7-5-4-6-8-18)25-23(11-13-29-14-12-23)16-24-22(26)20-15-19(27-2)9-10-21(20)28-3/h4-10,15,17,25H,11-14,16H2,1-3H3,(H,24,26)/t17-/m1/s1. The van der Waals surface area contributed by atoms with Gasteiger partial charge >= 0.3 is 0 Å². The van der Waals surface area contributed by atoms with E-state index in [-0.39, 0.29) is 17.5 Å². The van der Waals surface area contributed by atoms with Gasteiger partial charge in [0.1, 0.15) is 11.5 Å². The molecule has 1 aliphatic rings. The molecule has 2 aromatic carbocycles. The maximum Gasteiger partial charge on any atom is 0.255 e. The van der Waals surface area contributed by atoms with Gasteiger partial charge in [-0.3, -0.25) is 4.79 Å².